The molecule has 1 aliphatic heterocycles. The van der Waals surface area contributed by atoms with Crippen molar-refractivity contribution >= 4 is 39.2 Å². The zero-order valence-electron chi connectivity index (χ0n) is 22.4. The molecular weight excluding hydrogens is 647 g/mol. The second-order valence-electron chi connectivity index (χ2n) is 9.69. The van der Waals surface area contributed by atoms with E-state index in [0.717, 1.165) is 4.90 Å². The van der Waals surface area contributed by atoms with Gasteiger partial charge in [-0.15, -0.1) is 0 Å². The summed E-state index contributed by atoms with van der Waals surface area (Å²) in [7, 11) is -4.40. The number of benzene rings is 3. The topological polar surface area (TPSA) is 72.9 Å². The van der Waals surface area contributed by atoms with E-state index in [-0.39, 0.29) is 51.9 Å². The van der Waals surface area contributed by atoms with E-state index in [1.54, 1.807) is 6.92 Å². The van der Waals surface area contributed by atoms with Crippen LogP contribution >= 0.6 is 23.2 Å². The van der Waals surface area contributed by atoms with Crippen molar-refractivity contribution in [1.29, 1.82) is 0 Å². The first-order valence-corrected chi connectivity index (χ1v) is 14.7. The number of nitrogens with zero attached hydrogens (tertiary/aromatic N) is 1. The molecule has 0 N–H and O–H groups in total. The average molecular weight is 670 g/mol. The maximum atomic E-state index is 13.6. The second-order valence-corrected chi connectivity index (χ2v) is 12.1. The molecule has 1 aliphatic rings. The number of halogens is 8. The summed E-state index contributed by atoms with van der Waals surface area (Å²) in [6.07, 6.45) is -10.3. The highest BCUT2D eigenvalue weighted by Crippen LogP contribution is 2.43. The molecule has 0 aliphatic carbocycles. The van der Waals surface area contributed by atoms with Crippen molar-refractivity contribution in [3.8, 4) is 0 Å². The van der Waals surface area contributed by atoms with E-state index < -0.39 is 57.2 Å². The Labute approximate surface area is 253 Å². The zero-order chi connectivity index (χ0) is 32.0. The van der Waals surface area contributed by atoms with E-state index in [1.807, 2.05) is 0 Å². The summed E-state index contributed by atoms with van der Waals surface area (Å²) < 4.78 is 119. The maximum Gasteiger partial charge on any atom is 0.416 e. The van der Waals surface area contributed by atoms with Gasteiger partial charge in [0.1, 0.15) is 10.5 Å². The maximum absolute atomic E-state index is 13.6. The number of carbonyl (C=O) groups excluding carboxylic acids is 1. The fourth-order valence-electron chi connectivity index (χ4n) is 4.79. The second kappa shape index (κ2) is 11.9. The summed E-state index contributed by atoms with van der Waals surface area (Å²) in [5.41, 5.74) is -5.18. The SMILES string of the molecule is CCOS(=O)(=O)c1ccc(C)cc1C1(c2ccc(Cl)c(Cl)c2)CN(C(=O)c2cc(C(F)(F)F)cc(C(F)(F)F)c2)CCO1. The molecule has 3 aromatic carbocycles. The smallest absolute Gasteiger partial charge is 0.362 e. The van der Waals surface area contributed by atoms with Crippen LogP contribution in [0.5, 0.6) is 0 Å². The van der Waals surface area contributed by atoms with E-state index >= 15 is 0 Å². The predicted octanol–water partition coefficient (Wildman–Crippen LogP) is 7.48. The van der Waals surface area contributed by atoms with Gasteiger partial charge in [0.15, 0.2) is 0 Å². The van der Waals surface area contributed by atoms with Crippen LogP contribution in [0.2, 0.25) is 10.0 Å². The number of hydrogen-bond donors (Lipinski definition) is 0. The van der Waals surface area contributed by atoms with E-state index in [4.69, 9.17) is 32.1 Å². The van der Waals surface area contributed by atoms with Gasteiger partial charge in [-0.3, -0.25) is 8.98 Å². The summed E-state index contributed by atoms with van der Waals surface area (Å²) in [5.74, 6) is -1.16. The number of carbonyl (C=O) groups is 1. The van der Waals surface area contributed by atoms with Gasteiger partial charge in [0.05, 0.1) is 40.9 Å². The van der Waals surface area contributed by atoms with Crippen LogP contribution in [-0.2, 0) is 37.0 Å². The van der Waals surface area contributed by atoms with Crippen LogP contribution in [0.25, 0.3) is 0 Å². The Bertz CT molecular complexity index is 1630. The van der Waals surface area contributed by atoms with Crippen LogP contribution in [0.3, 0.4) is 0 Å². The third-order valence-electron chi connectivity index (χ3n) is 6.74. The molecule has 1 fully saturated rings. The third-order valence-corrected chi connectivity index (χ3v) is 8.92. The fraction of sp³-hybridized carbons (Fsp3) is 0.321. The van der Waals surface area contributed by atoms with Gasteiger partial charge in [-0.2, -0.15) is 34.8 Å². The standard InChI is InChI=1S/C28H23Cl2F6NO5S/c1-3-42-43(39,40)24-7-4-16(2)10-21(24)26(18-5-6-22(29)23(30)14-18)15-37(8-9-41-26)25(38)17-11-19(27(31,32)33)13-20(12-17)28(34,35)36/h4-7,10-14H,3,8-9,15H2,1-2H3. The Hall–Kier alpha value is -2.84. The Morgan fingerprint density at radius 3 is 2.14 bits per heavy atom. The van der Waals surface area contributed by atoms with Crippen molar-refractivity contribution in [2.75, 3.05) is 26.3 Å². The number of ether oxygens (including phenoxy) is 1. The van der Waals surface area contributed by atoms with Crippen LogP contribution in [0.4, 0.5) is 26.3 Å². The summed E-state index contributed by atoms with van der Waals surface area (Å²) in [4.78, 5) is 14.3. The lowest BCUT2D eigenvalue weighted by Gasteiger charge is -2.44. The van der Waals surface area contributed by atoms with Crippen LogP contribution < -0.4 is 0 Å². The molecule has 15 heteroatoms. The molecule has 43 heavy (non-hydrogen) atoms. The molecular formula is C28H23Cl2F6NO5S. The highest BCUT2D eigenvalue weighted by molar-refractivity contribution is 7.86. The molecule has 3 aromatic rings. The zero-order valence-corrected chi connectivity index (χ0v) is 24.8. The van der Waals surface area contributed by atoms with Gasteiger partial charge in [0, 0.05) is 17.7 Å². The molecule has 6 nitrogen and oxygen atoms in total. The fourth-order valence-corrected chi connectivity index (χ4v) is 6.26. The lowest BCUT2D eigenvalue weighted by Crippen LogP contribution is -2.53. The largest absolute Gasteiger partial charge is 0.416 e. The van der Waals surface area contributed by atoms with Crippen molar-refractivity contribution in [3.05, 3.63) is 98.0 Å². The molecule has 0 aromatic heterocycles. The predicted molar refractivity (Wildman–Crippen MR) is 146 cm³/mol. The average Bonchev–Trinajstić information content (AvgIpc) is 2.92. The van der Waals surface area contributed by atoms with Crippen molar-refractivity contribution in [1.82, 2.24) is 4.90 Å². The van der Waals surface area contributed by atoms with Gasteiger partial charge in [-0.1, -0.05) is 47.0 Å². The molecule has 0 spiro atoms. The highest BCUT2D eigenvalue weighted by Gasteiger charge is 2.46. The van der Waals surface area contributed by atoms with Gasteiger partial charge in [-0.05, 0) is 55.8 Å². The molecule has 4 rings (SSSR count). The molecule has 0 bridgehead atoms. The third kappa shape index (κ3) is 6.80. The Kier molecular flexibility index (Phi) is 9.17. The quantitative estimate of drug-likeness (QED) is 0.201. The van der Waals surface area contributed by atoms with Gasteiger partial charge >= 0.3 is 12.4 Å². The molecule has 0 radical (unpaired) electrons. The first-order chi connectivity index (χ1) is 19.9. The summed E-state index contributed by atoms with van der Waals surface area (Å²) in [5, 5.41) is 0.180. The lowest BCUT2D eigenvalue weighted by molar-refractivity contribution is -0.143. The van der Waals surface area contributed by atoms with E-state index in [0.29, 0.717) is 17.7 Å². The number of morpholine rings is 1. The Morgan fingerprint density at radius 2 is 1.58 bits per heavy atom. The molecule has 1 saturated heterocycles. The van der Waals surface area contributed by atoms with Crippen LogP contribution in [0.1, 0.15) is 45.1 Å². The number of alkyl halides is 6. The van der Waals surface area contributed by atoms with Gasteiger partial charge in [0.2, 0.25) is 0 Å². The van der Waals surface area contributed by atoms with Crippen molar-refractivity contribution in [3.63, 3.8) is 0 Å². The first-order valence-electron chi connectivity index (χ1n) is 12.6. The van der Waals surface area contributed by atoms with Gasteiger partial charge in [0.25, 0.3) is 16.0 Å². The van der Waals surface area contributed by atoms with E-state index in [1.165, 1.54) is 43.3 Å². The van der Waals surface area contributed by atoms with Gasteiger partial charge < -0.3 is 9.64 Å². The number of aryl methyl sites for hydroxylation is 1. The molecule has 1 atom stereocenters. The van der Waals surface area contributed by atoms with Gasteiger partial charge in [-0.25, -0.2) is 0 Å². The summed E-state index contributed by atoms with van der Waals surface area (Å²) >= 11 is 12.4. The molecule has 1 unspecified atom stereocenters. The minimum absolute atomic E-state index is 0.0110. The minimum Gasteiger partial charge on any atom is -0.362 e. The lowest BCUT2D eigenvalue weighted by atomic mass is 9.83. The summed E-state index contributed by atoms with van der Waals surface area (Å²) in [6, 6.07) is 9.11. The van der Waals surface area contributed by atoms with Crippen molar-refractivity contribution < 1.29 is 48.5 Å². The Morgan fingerprint density at radius 1 is 0.953 bits per heavy atom. The monoisotopic (exact) mass is 669 g/mol. The number of amides is 1. The normalized spacial score (nSPS) is 18.1. The van der Waals surface area contributed by atoms with Crippen LogP contribution in [-0.4, -0.2) is 45.5 Å². The Balaban J connectivity index is 1.93. The number of rotatable bonds is 6. The van der Waals surface area contributed by atoms with Crippen molar-refractivity contribution in [2.24, 2.45) is 0 Å². The minimum atomic E-state index is -5.17. The van der Waals surface area contributed by atoms with Crippen LogP contribution in [0, 0.1) is 6.92 Å². The van der Waals surface area contributed by atoms with E-state index in [9.17, 15) is 39.6 Å². The molecule has 232 valence electrons. The van der Waals surface area contributed by atoms with E-state index in [2.05, 4.69) is 0 Å². The van der Waals surface area contributed by atoms with Crippen LogP contribution in [0.15, 0.2) is 59.5 Å². The number of hydrogen-bond acceptors (Lipinski definition) is 5. The molecule has 0 saturated carbocycles. The highest BCUT2D eigenvalue weighted by atomic mass is 35.5. The first kappa shape index (κ1) is 33.1. The van der Waals surface area contributed by atoms with Crippen molar-refractivity contribution in [2.45, 2.75) is 36.7 Å². The summed E-state index contributed by atoms with van der Waals surface area (Å²) in [6.45, 7) is 1.88. The molecule has 1 heterocycles. The molecule has 1 amide bonds.